The standard InChI is InChI=1S/C15H22BrNO2/c1-4-6-11(3)9-15(18)17-13-10-12(16)7-8-14(13)19-5-2/h7-8,10-11H,4-6,9H2,1-3H3,(H,17,18). The highest BCUT2D eigenvalue weighted by molar-refractivity contribution is 9.10. The Morgan fingerprint density at radius 1 is 1.42 bits per heavy atom. The van der Waals surface area contributed by atoms with Gasteiger partial charge in [0.1, 0.15) is 5.75 Å². The van der Waals surface area contributed by atoms with Crippen LogP contribution in [0.3, 0.4) is 0 Å². The predicted molar refractivity (Wildman–Crippen MR) is 82.6 cm³/mol. The minimum atomic E-state index is 0.0417. The molecule has 0 radical (unpaired) electrons. The molecule has 0 aliphatic heterocycles. The van der Waals surface area contributed by atoms with E-state index >= 15 is 0 Å². The normalized spacial score (nSPS) is 12.0. The summed E-state index contributed by atoms with van der Waals surface area (Å²) in [4.78, 5) is 12.0. The van der Waals surface area contributed by atoms with Gasteiger partial charge in [0.15, 0.2) is 0 Å². The average Bonchev–Trinajstić information content (AvgIpc) is 2.32. The topological polar surface area (TPSA) is 38.3 Å². The van der Waals surface area contributed by atoms with E-state index in [9.17, 15) is 4.79 Å². The van der Waals surface area contributed by atoms with Crippen molar-refractivity contribution in [1.82, 2.24) is 0 Å². The van der Waals surface area contributed by atoms with Crippen molar-refractivity contribution >= 4 is 27.5 Å². The fourth-order valence-corrected chi connectivity index (χ4v) is 2.35. The SMILES string of the molecule is CCCC(C)CC(=O)Nc1cc(Br)ccc1OCC. The molecule has 0 fully saturated rings. The molecule has 1 amide bonds. The van der Waals surface area contributed by atoms with Gasteiger partial charge in [-0.3, -0.25) is 4.79 Å². The van der Waals surface area contributed by atoms with Gasteiger partial charge in [-0.1, -0.05) is 42.6 Å². The smallest absolute Gasteiger partial charge is 0.224 e. The molecule has 1 aromatic rings. The Morgan fingerprint density at radius 2 is 2.16 bits per heavy atom. The van der Waals surface area contributed by atoms with Gasteiger partial charge in [0.2, 0.25) is 5.91 Å². The molecular weight excluding hydrogens is 306 g/mol. The molecule has 0 bridgehead atoms. The fourth-order valence-electron chi connectivity index (χ4n) is 1.99. The molecule has 0 aromatic heterocycles. The summed E-state index contributed by atoms with van der Waals surface area (Å²) in [6.45, 7) is 6.75. The maximum Gasteiger partial charge on any atom is 0.224 e. The molecule has 0 saturated heterocycles. The Bertz CT molecular complexity index is 421. The van der Waals surface area contributed by atoms with Crippen molar-refractivity contribution in [1.29, 1.82) is 0 Å². The van der Waals surface area contributed by atoms with Gasteiger partial charge in [-0.2, -0.15) is 0 Å². The Hall–Kier alpha value is -1.03. The number of rotatable bonds is 7. The molecule has 1 unspecified atom stereocenters. The summed E-state index contributed by atoms with van der Waals surface area (Å²) in [5.74, 6) is 1.16. The van der Waals surface area contributed by atoms with Crippen LogP contribution in [0.4, 0.5) is 5.69 Å². The van der Waals surface area contributed by atoms with Crippen LogP contribution >= 0.6 is 15.9 Å². The van der Waals surface area contributed by atoms with Gasteiger partial charge in [0, 0.05) is 10.9 Å². The van der Waals surface area contributed by atoms with Crippen molar-refractivity contribution < 1.29 is 9.53 Å². The van der Waals surface area contributed by atoms with Crippen LogP contribution < -0.4 is 10.1 Å². The van der Waals surface area contributed by atoms with Crippen molar-refractivity contribution in [2.24, 2.45) is 5.92 Å². The lowest BCUT2D eigenvalue weighted by Gasteiger charge is -2.14. The van der Waals surface area contributed by atoms with Crippen molar-refractivity contribution in [2.75, 3.05) is 11.9 Å². The van der Waals surface area contributed by atoms with Crippen molar-refractivity contribution in [3.05, 3.63) is 22.7 Å². The van der Waals surface area contributed by atoms with Crippen LogP contribution in [0.25, 0.3) is 0 Å². The van der Waals surface area contributed by atoms with E-state index in [2.05, 4.69) is 35.1 Å². The number of hydrogen-bond acceptors (Lipinski definition) is 2. The van der Waals surface area contributed by atoms with Crippen LogP contribution in [0.2, 0.25) is 0 Å². The summed E-state index contributed by atoms with van der Waals surface area (Å²) in [5, 5.41) is 2.93. The van der Waals surface area contributed by atoms with Crippen LogP contribution in [0.5, 0.6) is 5.75 Å². The van der Waals surface area contributed by atoms with Gasteiger partial charge in [-0.25, -0.2) is 0 Å². The second kappa shape index (κ2) is 8.20. The zero-order valence-corrected chi connectivity index (χ0v) is 13.4. The fraction of sp³-hybridized carbons (Fsp3) is 0.533. The number of carbonyl (C=O) groups is 1. The third kappa shape index (κ3) is 5.64. The molecule has 4 heteroatoms. The molecule has 1 aromatic carbocycles. The van der Waals surface area contributed by atoms with Gasteiger partial charge in [-0.05, 0) is 31.0 Å². The maximum atomic E-state index is 12.0. The Morgan fingerprint density at radius 3 is 2.79 bits per heavy atom. The van der Waals surface area contributed by atoms with E-state index in [1.54, 1.807) is 0 Å². The first kappa shape index (κ1) is 16.0. The zero-order chi connectivity index (χ0) is 14.3. The van der Waals surface area contributed by atoms with Crippen LogP contribution in [0, 0.1) is 5.92 Å². The Labute approximate surface area is 123 Å². The molecular formula is C15H22BrNO2. The molecule has 0 aliphatic carbocycles. The minimum Gasteiger partial charge on any atom is -0.492 e. The monoisotopic (exact) mass is 327 g/mol. The van der Waals surface area contributed by atoms with Gasteiger partial charge in [0.05, 0.1) is 12.3 Å². The highest BCUT2D eigenvalue weighted by Gasteiger charge is 2.11. The van der Waals surface area contributed by atoms with Gasteiger partial charge in [-0.15, -0.1) is 0 Å². The van der Waals surface area contributed by atoms with Crippen molar-refractivity contribution in [3.63, 3.8) is 0 Å². The number of hydrogen-bond donors (Lipinski definition) is 1. The van der Waals surface area contributed by atoms with Crippen LogP contribution in [-0.2, 0) is 4.79 Å². The first-order valence-corrected chi connectivity index (χ1v) is 7.58. The van der Waals surface area contributed by atoms with Crippen molar-refractivity contribution in [2.45, 2.75) is 40.0 Å². The lowest BCUT2D eigenvalue weighted by Crippen LogP contribution is -2.15. The molecule has 1 atom stereocenters. The molecule has 3 nitrogen and oxygen atoms in total. The van der Waals surface area contributed by atoms with Crippen molar-refractivity contribution in [3.8, 4) is 5.75 Å². The van der Waals surface area contributed by atoms with E-state index < -0.39 is 0 Å². The lowest BCUT2D eigenvalue weighted by molar-refractivity contribution is -0.117. The van der Waals surface area contributed by atoms with E-state index in [1.165, 1.54) is 0 Å². The number of anilines is 1. The van der Waals surface area contributed by atoms with Crippen LogP contribution in [0.15, 0.2) is 22.7 Å². The second-order valence-corrected chi connectivity index (χ2v) is 5.64. The molecule has 1 rings (SSSR count). The second-order valence-electron chi connectivity index (χ2n) is 4.72. The number of benzene rings is 1. The minimum absolute atomic E-state index is 0.0417. The number of ether oxygens (including phenoxy) is 1. The third-order valence-electron chi connectivity index (χ3n) is 2.83. The van der Waals surface area contributed by atoms with E-state index in [4.69, 9.17) is 4.74 Å². The number of nitrogens with one attached hydrogen (secondary N) is 1. The number of halogens is 1. The van der Waals surface area contributed by atoms with Gasteiger partial charge < -0.3 is 10.1 Å². The molecule has 0 saturated carbocycles. The first-order chi connectivity index (χ1) is 9.06. The van der Waals surface area contributed by atoms with Gasteiger partial charge in [0.25, 0.3) is 0 Å². The molecule has 106 valence electrons. The Kier molecular flexibility index (Phi) is 6.92. The summed E-state index contributed by atoms with van der Waals surface area (Å²) in [6.07, 6.45) is 2.73. The molecule has 0 spiro atoms. The van der Waals surface area contributed by atoms with Crippen LogP contribution in [0.1, 0.15) is 40.0 Å². The van der Waals surface area contributed by atoms with E-state index in [-0.39, 0.29) is 5.91 Å². The largest absolute Gasteiger partial charge is 0.492 e. The zero-order valence-electron chi connectivity index (χ0n) is 11.8. The molecule has 1 N–H and O–H groups in total. The molecule has 19 heavy (non-hydrogen) atoms. The Balaban J connectivity index is 2.69. The number of carbonyl (C=O) groups excluding carboxylic acids is 1. The maximum absolute atomic E-state index is 12.0. The predicted octanol–water partition coefficient (Wildman–Crippen LogP) is 4.61. The summed E-state index contributed by atoms with van der Waals surface area (Å²) in [7, 11) is 0. The quantitative estimate of drug-likeness (QED) is 0.793. The summed E-state index contributed by atoms with van der Waals surface area (Å²) < 4.78 is 6.43. The summed E-state index contributed by atoms with van der Waals surface area (Å²) in [5.41, 5.74) is 0.727. The van der Waals surface area contributed by atoms with E-state index in [0.29, 0.717) is 24.7 Å². The molecule has 0 heterocycles. The van der Waals surface area contributed by atoms with E-state index in [1.807, 2.05) is 25.1 Å². The molecule has 0 aliphatic rings. The summed E-state index contributed by atoms with van der Waals surface area (Å²) >= 11 is 3.41. The summed E-state index contributed by atoms with van der Waals surface area (Å²) in [6, 6.07) is 5.63. The third-order valence-corrected chi connectivity index (χ3v) is 3.32. The van der Waals surface area contributed by atoms with Gasteiger partial charge >= 0.3 is 0 Å². The van der Waals surface area contributed by atoms with Crippen LogP contribution in [-0.4, -0.2) is 12.5 Å². The number of amides is 1. The van der Waals surface area contributed by atoms with E-state index in [0.717, 1.165) is 23.0 Å². The lowest BCUT2D eigenvalue weighted by atomic mass is 10.0. The average molecular weight is 328 g/mol. The first-order valence-electron chi connectivity index (χ1n) is 6.79. The highest BCUT2D eigenvalue weighted by atomic mass is 79.9. The highest BCUT2D eigenvalue weighted by Crippen LogP contribution is 2.28.